The first-order valence-corrected chi connectivity index (χ1v) is 12.6. The first kappa shape index (κ1) is 25.3. The van der Waals surface area contributed by atoms with E-state index in [0.717, 1.165) is 23.3 Å². The Balaban J connectivity index is 0.00000103. The van der Waals surface area contributed by atoms with Crippen LogP contribution in [0, 0.1) is 5.82 Å². The summed E-state index contributed by atoms with van der Waals surface area (Å²) in [5, 5.41) is 8.53. The van der Waals surface area contributed by atoms with Crippen molar-refractivity contribution in [2.75, 3.05) is 6.54 Å². The number of benzene rings is 2. The number of carbonyl (C=O) groups is 2. The van der Waals surface area contributed by atoms with E-state index in [0.29, 0.717) is 25.3 Å². The molecule has 1 aliphatic rings. The maximum Gasteiger partial charge on any atom is 0.290 e. The Morgan fingerprint density at radius 1 is 1.21 bits per heavy atom. The van der Waals surface area contributed by atoms with E-state index >= 15 is 0 Å². The molecule has 2 aromatic carbocycles. The lowest BCUT2D eigenvalue weighted by Crippen LogP contribution is -2.44. The van der Waals surface area contributed by atoms with Crippen LogP contribution in [0.25, 0.3) is 0 Å². The molecule has 0 saturated carbocycles. The van der Waals surface area contributed by atoms with Crippen LogP contribution in [0.4, 0.5) is 4.39 Å². The van der Waals surface area contributed by atoms with Crippen molar-refractivity contribution in [2.24, 2.45) is 0 Å². The van der Waals surface area contributed by atoms with Gasteiger partial charge in [0.25, 0.3) is 22.4 Å². The quantitative estimate of drug-likeness (QED) is 0.468. The summed E-state index contributed by atoms with van der Waals surface area (Å²) >= 11 is 1.06. The first-order valence-electron chi connectivity index (χ1n) is 10.3. The lowest BCUT2D eigenvalue weighted by Gasteiger charge is -2.23. The number of para-hydroxylation sites is 1. The van der Waals surface area contributed by atoms with Crippen molar-refractivity contribution in [1.82, 2.24) is 9.62 Å². The Bertz CT molecular complexity index is 1200. The van der Waals surface area contributed by atoms with Gasteiger partial charge in [-0.2, -0.15) is 0 Å². The van der Waals surface area contributed by atoms with Crippen molar-refractivity contribution in [3.8, 4) is 11.5 Å². The Morgan fingerprint density at radius 2 is 1.94 bits per heavy atom. The highest BCUT2D eigenvalue weighted by molar-refractivity contribution is 7.92. The third kappa shape index (κ3) is 6.62. The largest absolute Gasteiger partial charge is 0.483 e. The third-order valence-corrected chi connectivity index (χ3v) is 7.76. The van der Waals surface area contributed by atoms with Crippen molar-refractivity contribution in [2.45, 2.75) is 29.6 Å². The van der Waals surface area contributed by atoms with Gasteiger partial charge in [-0.05, 0) is 60.7 Å². The molecule has 1 saturated heterocycles. The van der Waals surface area contributed by atoms with Gasteiger partial charge in [0, 0.05) is 6.54 Å². The number of carboxylic acid groups (broad SMARTS) is 1. The van der Waals surface area contributed by atoms with Gasteiger partial charge in [0.2, 0.25) is 0 Å². The monoisotopic (exact) mass is 506 g/mol. The molecular formula is C23H23FN2O6S2. The number of rotatable bonds is 7. The zero-order valence-electron chi connectivity index (χ0n) is 18.0. The molecule has 11 heteroatoms. The zero-order valence-corrected chi connectivity index (χ0v) is 19.6. The minimum Gasteiger partial charge on any atom is -0.483 e. The number of thiophene rings is 1. The van der Waals surface area contributed by atoms with Gasteiger partial charge in [-0.25, -0.2) is 17.5 Å². The van der Waals surface area contributed by atoms with E-state index in [9.17, 15) is 17.6 Å². The number of likely N-dealkylation sites (tertiary alicyclic amines) is 1. The number of amides is 1. The van der Waals surface area contributed by atoms with Crippen LogP contribution in [-0.2, 0) is 26.2 Å². The van der Waals surface area contributed by atoms with Gasteiger partial charge in [-0.15, -0.1) is 11.3 Å². The van der Waals surface area contributed by atoms with E-state index in [-0.39, 0.29) is 16.4 Å². The van der Waals surface area contributed by atoms with Crippen LogP contribution in [0.2, 0.25) is 0 Å². The van der Waals surface area contributed by atoms with Crippen LogP contribution in [0.5, 0.6) is 11.5 Å². The Labute approximate surface area is 200 Å². The molecule has 1 aromatic heterocycles. The molecule has 1 aliphatic heterocycles. The molecule has 0 radical (unpaired) electrons. The van der Waals surface area contributed by atoms with Crippen molar-refractivity contribution < 1.29 is 32.2 Å². The van der Waals surface area contributed by atoms with Gasteiger partial charge in [-0.3, -0.25) is 14.5 Å². The first-order chi connectivity index (χ1) is 16.3. The van der Waals surface area contributed by atoms with E-state index in [1.165, 1.54) is 12.1 Å². The molecule has 2 heterocycles. The van der Waals surface area contributed by atoms with Gasteiger partial charge < -0.3 is 9.84 Å². The normalized spacial score (nSPS) is 15.7. The molecule has 2 N–H and O–H groups in total. The van der Waals surface area contributed by atoms with Crippen molar-refractivity contribution in [3.05, 3.63) is 77.4 Å². The number of halogens is 1. The Kier molecular flexibility index (Phi) is 8.74. The van der Waals surface area contributed by atoms with E-state index < -0.39 is 27.8 Å². The second-order valence-electron chi connectivity index (χ2n) is 7.32. The lowest BCUT2D eigenvalue weighted by molar-refractivity contribution is -0.124. The summed E-state index contributed by atoms with van der Waals surface area (Å²) in [6.07, 6.45) is 1.33. The highest BCUT2D eigenvalue weighted by atomic mass is 32.2. The number of hydrogen-bond acceptors (Lipinski definition) is 7. The van der Waals surface area contributed by atoms with E-state index in [1.54, 1.807) is 47.8 Å². The lowest BCUT2D eigenvalue weighted by atomic mass is 10.1. The van der Waals surface area contributed by atoms with Crippen molar-refractivity contribution in [1.29, 1.82) is 0 Å². The minimum absolute atomic E-state index is 0.101. The van der Waals surface area contributed by atoms with Crippen LogP contribution >= 0.6 is 11.3 Å². The smallest absolute Gasteiger partial charge is 0.290 e. The van der Waals surface area contributed by atoms with E-state index in [2.05, 4.69) is 4.72 Å². The molecule has 180 valence electrons. The topological polar surface area (TPSA) is 113 Å². The molecular weight excluding hydrogens is 483 g/mol. The highest BCUT2D eigenvalue weighted by Crippen LogP contribution is 2.28. The summed E-state index contributed by atoms with van der Waals surface area (Å²) < 4.78 is 46.9. The SMILES string of the molecule is O=C(NS(=O)(=O)c1cccs1)[C@H]1CCCN1Cc1ccc(F)c(Oc2ccccc2)c1.O=CO. The molecule has 1 atom stereocenters. The Hall–Kier alpha value is -3.28. The standard InChI is InChI=1S/C22H21FN2O4S2.CH2O2/c23-18-11-10-16(14-20(18)29-17-6-2-1-3-7-17)15-25-12-4-8-19(25)22(26)24-31(27,28)21-9-5-13-30-21;2-1-3/h1-3,5-7,9-11,13-14,19H,4,8,12,15H2,(H,24,26);1H,(H,2,3)/t19-;/m1./s1. The van der Waals surface area contributed by atoms with E-state index in [1.807, 2.05) is 11.0 Å². The maximum absolute atomic E-state index is 14.2. The highest BCUT2D eigenvalue weighted by Gasteiger charge is 2.33. The van der Waals surface area contributed by atoms with Gasteiger partial charge in [0.15, 0.2) is 11.6 Å². The van der Waals surface area contributed by atoms with Crippen molar-refractivity contribution in [3.63, 3.8) is 0 Å². The van der Waals surface area contributed by atoms with Crippen LogP contribution in [0.3, 0.4) is 0 Å². The summed E-state index contributed by atoms with van der Waals surface area (Å²) in [5.41, 5.74) is 0.771. The van der Waals surface area contributed by atoms with Gasteiger partial charge in [0.05, 0.1) is 6.04 Å². The summed E-state index contributed by atoms with van der Waals surface area (Å²) in [4.78, 5) is 23.0. The fraction of sp³-hybridized carbons (Fsp3) is 0.217. The fourth-order valence-electron chi connectivity index (χ4n) is 3.55. The molecule has 1 amide bonds. The number of ether oxygens (including phenoxy) is 1. The van der Waals surface area contributed by atoms with Gasteiger partial charge in [-0.1, -0.05) is 30.3 Å². The van der Waals surface area contributed by atoms with Crippen LogP contribution in [-0.4, -0.2) is 43.4 Å². The zero-order chi connectivity index (χ0) is 24.6. The number of nitrogens with one attached hydrogen (secondary N) is 1. The second kappa shape index (κ2) is 11.7. The number of carbonyl (C=O) groups excluding carboxylic acids is 1. The second-order valence-corrected chi connectivity index (χ2v) is 10.2. The summed E-state index contributed by atoms with van der Waals surface area (Å²) in [6, 6.07) is 16.0. The van der Waals surface area contributed by atoms with Crippen LogP contribution < -0.4 is 9.46 Å². The molecule has 4 rings (SSSR count). The number of sulfonamides is 1. The Morgan fingerprint density at radius 3 is 2.62 bits per heavy atom. The molecule has 1 fully saturated rings. The predicted molar refractivity (Wildman–Crippen MR) is 125 cm³/mol. The third-order valence-electron chi connectivity index (χ3n) is 5.01. The summed E-state index contributed by atoms with van der Waals surface area (Å²) in [6.45, 7) is 0.770. The molecule has 3 aromatic rings. The molecule has 0 spiro atoms. The minimum atomic E-state index is -3.87. The fourth-order valence-corrected chi connectivity index (χ4v) is 5.56. The van der Waals surface area contributed by atoms with Crippen LogP contribution in [0.1, 0.15) is 18.4 Å². The van der Waals surface area contributed by atoms with E-state index in [4.69, 9.17) is 14.6 Å². The predicted octanol–water partition coefficient (Wildman–Crippen LogP) is 3.85. The van der Waals surface area contributed by atoms with Crippen LogP contribution in [0.15, 0.2) is 70.3 Å². The van der Waals surface area contributed by atoms with Crippen molar-refractivity contribution >= 4 is 33.7 Å². The number of hydrogen-bond donors (Lipinski definition) is 2. The average molecular weight is 507 g/mol. The average Bonchev–Trinajstić information content (AvgIpc) is 3.50. The molecule has 0 unspecified atom stereocenters. The molecule has 0 aliphatic carbocycles. The molecule has 34 heavy (non-hydrogen) atoms. The molecule has 8 nitrogen and oxygen atoms in total. The number of nitrogens with zero attached hydrogens (tertiary/aromatic N) is 1. The summed E-state index contributed by atoms with van der Waals surface area (Å²) in [5.74, 6) is -0.404. The maximum atomic E-state index is 14.2. The summed E-state index contributed by atoms with van der Waals surface area (Å²) in [7, 11) is -3.87. The van der Waals surface area contributed by atoms with Gasteiger partial charge >= 0.3 is 0 Å². The molecule has 0 bridgehead atoms. The van der Waals surface area contributed by atoms with Gasteiger partial charge in [0.1, 0.15) is 9.96 Å².